The topological polar surface area (TPSA) is 261 Å². The molecule has 0 amide bonds. The zero-order valence-corrected chi connectivity index (χ0v) is 74.8. The normalized spacial score (nSPS) is 13.0. The third-order valence-electron chi connectivity index (χ3n) is 27.6. The van der Waals surface area contributed by atoms with Crippen LogP contribution < -0.4 is 0 Å². The van der Waals surface area contributed by atoms with Gasteiger partial charge in [-0.05, 0) is 184 Å². The molecule has 2 aliphatic rings. The van der Waals surface area contributed by atoms with Crippen LogP contribution in [-0.4, -0.2) is 88.5 Å². The SMILES string of the molecule is CC1(C)c2ccccc2-c2cc(-c3nc(-c4cccc5c4-c4ccccc4C5(C)C)nc(-n4c5ncccc5c5cccnc54)n3)ccc21.c1ccc2c(c1)oc1c(-c3nc(-c4cccc5c4oc4ccccc45)nc(-n4c5ncccc5c5cccnc54)n3)cccc12.c1ccc2c(c1)oc1cc(-c3nc(-c4ccc5c(c4)oc4ccccc45)nc(-n4c5ncccc5c5cccnc54)n3)ccc12. The van der Waals surface area contributed by atoms with Crippen molar-refractivity contribution in [3.63, 3.8) is 0 Å². The van der Waals surface area contributed by atoms with E-state index < -0.39 is 0 Å². The Hall–Kier alpha value is -18.8. The molecule has 2 aliphatic carbocycles. The van der Waals surface area contributed by atoms with Gasteiger partial charge in [0.1, 0.15) is 78.5 Å². The molecule has 0 saturated carbocycles. The van der Waals surface area contributed by atoms with Crippen molar-refractivity contribution < 1.29 is 17.7 Å². The summed E-state index contributed by atoms with van der Waals surface area (Å²) in [5.41, 5.74) is 25.5. The second-order valence-corrected chi connectivity index (χ2v) is 36.1. The van der Waals surface area contributed by atoms with Crippen molar-refractivity contribution in [2.45, 2.75) is 38.5 Å². The van der Waals surface area contributed by atoms with Crippen LogP contribution in [0, 0.1) is 0 Å². The number of rotatable bonds is 9. The van der Waals surface area contributed by atoms with Gasteiger partial charge in [0.25, 0.3) is 0 Å². The maximum atomic E-state index is 6.41. The first-order valence-corrected chi connectivity index (χ1v) is 46.0. The fourth-order valence-electron chi connectivity index (χ4n) is 21.1. The molecular formula is C117H72N18O4. The van der Waals surface area contributed by atoms with Crippen molar-refractivity contribution >= 4 is 154 Å². The smallest absolute Gasteiger partial charge is 0.241 e. The van der Waals surface area contributed by atoms with Gasteiger partial charge in [-0.25, -0.2) is 58.6 Å². The lowest BCUT2D eigenvalue weighted by molar-refractivity contribution is 0.660. The summed E-state index contributed by atoms with van der Waals surface area (Å²) in [4.78, 5) is 74.6. The molecule has 0 radical (unpaired) electrons. The molecule has 0 bridgehead atoms. The molecule has 22 nitrogen and oxygen atoms in total. The third-order valence-corrected chi connectivity index (χ3v) is 27.6. The highest BCUT2D eigenvalue weighted by Gasteiger charge is 2.39. The van der Waals surface area contributed by atoms with Crippen molar-refractivity contribution in [2.24, 2.45) is 0 Å². The summed E-state index contributed by atoms with van der Waals surface area (Å²) in [6.45, 7) is 9.19. The van der Waals surface area contributed by atoms with Crippen LogP contribution in [0.3, 0.4) is 0 Å². The van der Waals surface area contributed by atoms with Gasteiger partial charge in [-0.15, -0.1) is 0 Å². The summed E-state index contributed by atoms with van der Waals surface area (Å²) in [7, 11) is 0. The van der Waals surface area contributed by atoms with Crippen molar-refractivity contribution in [1.82, 2.24) is 88.5 Å². The predicted octanol–water partition coefficient (Wildman–Crippen LogP) is 27.5. The summed E-state index contributed by atoms with van der Waals surface area (Å²) in [5.74, 6) is 4.47. The van der Waals surface area contributed by atoms with Gasteiger partial charge in [0.15, 0.2) is 34.9 Å². The van der Waals surface area contributed by atoms with E-state index in [1.54, 1.807) is 24.8 Å². The Bertz CT molecular complexity index is 9650. The van der Waals surface area contributed by atoms with Crippen molar-refractivity contribution in [1.29, 1.82) is 0 Å². The average Bonchev–Trinajstić information content (AvgIpc) is 1.56. The van der Waals surface area contributed by atoms with E-state index >= 15 is 0 Å². The number of fused-ring (bicyclic) bond motifs is 27. The largest absolute Gasteiger partial charge is 0.456 e. The number of hydrogen-bond acceptors (Lipinski definition) is 19. The minimum atomic E-state index is -0.151. The van der Waals surface area contributed by atoms with E-state index in [9.17, 15) is 0 Å². The fraction of sp³-hybridized carbons (Fsp3) is 0.0513. The monoisotopic (exact) mass is 1790 g/mol. The molecule has 654 valence electrons. The van der Waals surface area contributed by atoms with E-state index in [0.717, 1.165) is 165 Å². The molecule has 30 rings (SSSR count). The maximum absolute atomic E-state index is 6.41. The fourth-order valence-corrected chi connectivity index (χ4v) is 21.1. The molecule has 22 heteroatoms. The van der Waals surface area contributed by atoms with Gasteiger partial charge in [-0.3, -0.25) is 0 Å². The first kappa shape index (κ1) is 78.8. The van der Waals surface area contributed by atoms with Crippen molar-refractivity contribution in [3.05, 3.63) is 387 Å². The lowest BCUT2D eigenvalue weighted by Crippen LogP contribution is -2.15. The zero-order valence-electron chi connectivity index (χ0n) is 74.8. The molecule has 0 saturated heterocycles. The molecule has 0 N–H and O–H groups in total. The Morgan fingerprint density at radius 2 is 0.475 bits per heavy atom. The highest BCUT2D eigenvalue weighted by Crippen LogP contribution is 2.54. The third kappa shape index (κ3) is 12.2. The van der Waals surface area contributed by atoms with E-state index in [1.165, 1.54) is 44.5 Å². The minimum Gasteiger partial charge on any atom is -0.456 e. The predicted molar refractivity (Wildman–Crippen MR) is 546 cm³/mol. The van der Waals surface area contributed by atoms with E-state index in [-0.39, 0.29) is 10.8 Å². The first-order chi connectivity index (χ1) is 68.4. The van der Waals surface area contributed by atoms with Gasteiger partial charge in [0, 0.05) is 146 Å². The number of benzene rings is 12. The van der Waals surface area contributed by atoms with E-state index in [0.29, 0.717) is 75.3 Å². The van der Waals surface area contributed by atoms with Crippen LogP contribution in [0.25, 0.3) is 262 Å². The summed E-state index contributed by atoms with van der Waals surface area (Å²) < 4.78 is 31.0. The zero-order chi connectivity index (χ0) is 92.0. The van der Waals surface area contributed by atoms with Gasteiger partial charge in [-0.1, -0.05) is 216 Å². The Morgan fingerprint density at radius 1 is 0.194 bits per heavy atom. The van der Waals surface area contributed by atoms with Gasteiger partial charge in [0.05, 0.1) is 11.1 Å². The highest BCUT2D eigenvalue weighted by molar-refractivity contribution is 6.14. The molecule has 16 aromatic heterocycles. The Balaban J connectivity index is 0.000000103. The van der Waals surface area contributed by atoms with Crippen molar-refractivity contribution in [3.8, 4) is 108 Å². The Kier molecular flexibility index (Phi) is 17.2. The lowest BCUT2D eigenvalue weighted by Gasteiger charge is -2.21. The van der Waals surface area contributed by atoms with Crippen LogP contribution >= 0.6 is 0 Å². The molecule has 0 atom stereocenters. The van der Waals surface area contributed by atoms with E-state index in [2.05, 4.69) is 173 Å². The summed E-state index contributed by atoms with van der Waals surface area (Å²) in [6, 6.07) is 111. The Morgan fingerprint density at radius 3 is 0.914 bits per heavy atom. The summed E-state index contributed by atoms with van der Waals surface area (Å²) in [5, 5.41) is 14.1. The molecule has 12 aromatic carbocycles. The van der Waals surface area contributed by atoms with Crippen LogP contribution in [0.4, 0.5) is 0 Å². The first-order valence-electron chi connectivity index (χ1n) is 46.0. The van der Waals surface area contributed by atoms with E-state index in [4.69, 9.17) is 92.4 Å². The van der Waals surface area contributed by atoms with Gasteiger partial charge in [-0.2, -0.15) is 29.9 Å². The second kappa shape index (κ2) is 30.3. The van der Waals surface area contributed by atoms with Crippen LogP contribution in [0.5, 0.6) is 0 Å². The molecule has 0 spiro atoms. The number of para-hydroxylation sites is 6. The quantitative estimate of drug-likeness (QED) is 0.130. The molecule has 16 heterocycles. The standard InChI is InChI=1S/C43H32N6.2C37H20N6O2/c1-42(2)32-17-7-5-12-26(32)31-24-25(20-21-34(31)42)37-46-38(30-14-9-19-35-36(30)29-13-6-8-18-33(29)43(35,3)4)48-41(47-37)49-39-27(15-10-22-44-39)28-16-11-23-45-40(28)49;1-3-17-29-21(9-1)23-11-5-13-27(31(23)44-29)33-40-34(28-14-6-12-24-22-10-2-4-18-30(22)45-32(24)28)42-37(41-33)43-35-25(15-7-19-38-35)26-16-8-20-39-36(26)43;1-3-11-29-23(7-1)25-15-13-21(19-31(25)44-29)33-40-34(22-14-16-26-24-8-2-4-12-30(24)45-32(26)20-22)42-37(41-33)43-35-27(9-5-17-38-35)28-10-6-18-39-36(28)43/h5-24H,1-4H3;2*1-20H. The second-order valence-electron chi connectivity index (χ2n) is 36.1. The van der Waals surface area contributed by atoms with Crippen LogP contribution in [-0.2, 0) is 10.8 Å². The maximum Gasteiger partial charge on any atom is 0.241 e. The number of hydrogen-bond donors (Lipinski definition) is 0. The minimum absolute atomic E-state index is 0.0923. The van der Waals surface area contributed by atoms with Crippen LogP contribution in [0.2, 0.25) is 0 Å². The molecule has 28 aromatic rings. The van der Waals surface area contributed by atoms with Crippen molar-refractivity contribution in [2.75, 3.05) is 0 Å². The number of pyridine rings is 6. The number of aromatic nitrogens is 18. The Labute approximate surface area is 789 Å². The lowest BCUT2D eigenvalue weighted by atomic mass is 9.82. The van der Waals surface area contributed by atoms with Crippen LogP contribution in [0.1, 0.15) is 49.9 Å². The van der Waals surface area contributed by atoms with Crippen LogP contribution in [0.15, 0.2) is 382 Å². The van der Waals surface area contributed by atoms with Gasteiger partial charge < -0.3 is 17.7 Å². The molecule has 0 fully saturated rings. The van der Waals surface area contributed by atoms with E-state index in [1.807, 2.05) is 208 Å². The molecule has 0 unspecified atom stereocenters. The molecular weight excluding hydrogens is 1720 g/mol. The summed E-state index contributed by atoms with van der Waals surface area (Å²) >= 11 is 0. The number of furan rings is 4. The highest BCUT2D eigenvalue weighted by atomic mass is 16.3. The van der Waals surface area contributed by atoms with Gasteiger partial charge >= 0.3 is 0 Å². The van der Waals surface area contributed by atoms with Gasteiger partial charge in [0.2, 0.25) is 17.8 Å². The molecule has 0 aliphatic heterocycles. The summed E-state index contributed by atoms with van der Waals surface area (Å²) in [6.07, 6.45) is 10.7. The molecule has 139 heavy (non-hydrogen) atoms. The average molecular weight is 1790 g/mol. The number of nitrogens with zero attached hydrogens (tertiary/aromatic N) is 18.